The summed E-state index contributed by atoms with van der Waals surface area (Å²) in [6, 6.07) is 2.94. The number of hydrogen-bond donors (Lipinski definition) is 2. The average molecular weight is 298 g/mol. The van der Waals surface area contributed by atoms with E-state index in [2.05, 4.69) is 20.0 Å². The highest BCUT2D eigenvalue weighted by atomic mass is 32.2. The van der Waals surface area contributed by atoms with E-state index in [1.165, 1.54) is 29.7 Å². The fourth-order valence-corrected chi connectivity index (χ4v) is 3.38. The molecule has 0 aliphatic rings. The first-order chi connectivity index (χ1) is 9.01. The summed E-state index contributed by atoms with van der Waals surface area (Å²) in [5, 5.41) is 5.12. The van der Waals surface area contributed by atoms with Crippen LogP contribution in [0.1, 0.15) is 12.6 Å². The molecule has 0 saturated carbocycles. The Morgan fingerprint density at radius 3 is 2.84 bits per heavy atom. The molecule has 0 spiro atoms. The minimum Gasteiger partial charge on any atom is -0.370 e. The molecule has 8 heteroatoms. The Bertz CT molecular complexity index is 667. The zero-order valence-corrected chi connectivity index (χ0v) is 12.2. The topological polar surface area (TPSA) is 84.0 Å². The van der Waals surface area contributed by atoms with Crippen LogP contribution in [0.3, 0.4) is 0 Å². The van der Waals surface area contributed by atoms with E-state index in [-0.39, 0.29) is 4.90 Å². The van der Waals surface area contributed by atoms with Crippen molar-refractivity contribution in [2.24, 2.45) is 0 Å². The third kappa shape index (κ3) is 3.42. The van der Waals surface area contributed by atoms with Crippen LogP contribution in [0.15, 0.2) is 28.6 Å². The monoisotopic (exact) mass is 298 g/mol. The molecule has 19 heavy (non-hydrogen) atoms. The van der Waals surface area contributed by atoms with Gasteiger partial charge in [-0.1, -0.05) is 0 Å². The molecule has 0 fully saturated rings. The van der Waals surface area contributed by atoms with Gasteiger partial charge >= 0.3 is 0 Å². The van der Waals surface area contributed by atoms with Crippen molar-refractivity contribution in [1.82, 2.24) is 9.97 Å². The molecule has 0 atom stereocenters. The molecule has 0 aliphatic heterocycles. The van der Waals surface area contributed by atoms with Gasteiger partial charge < -0.3 is 5.32 Å². The maximum atomic E-state index is 12.2. The lowest BCUT2D eigenvalue weighted by Crippen LogP contribution is -2.13. The van der Waals surface area contributed by atoms with Crippen molar-refractivity contribution in [3.63, 3.8) is 0 Å². The van der Waals surface area contributed by atoms with E-state index < -0.39 is 10.0 Å². The SMILES string of the molecule is CCNc1cc(S(=O)(=O)Nc2nc(C)cs2)ccn1. The molecule has 0 unspecified atom stereocenters. The van der Waals surface area contributed by atoms with E-state index in [0.717, 1.165) is 5.69 Å². The summed E-state index contributed by atoms with van der Waals surface area (Å²) in [6.45, 7) is 4.40. The summed E-state index contributed by atoms with van der Waals surface area (Å²) in [4.78, 5) is 8.27. The van der Waals surface area contributed by atoms with Crippen LogP contribution in [0.4, 0.5) is 10.9 Å². The van der Waals surface area contributed by atoms with E-state index in [9.17, 15) is 8.42 Å². The normalized spacial score (nSPS) is 11.3. The maximum Gasteiger partial charge on any atom is 0.263 e. The van der Waals surface area contributed by atoms with Gasteiger partial charge in [0.05, 0.1) is 10.6 Å². The molecule has 2 aromatic heterocycles. The van der Waals surface area contributed by atoms with Crippen molar-refractivity contribution in [2.45, 2.75) is 18.7 Å². The van der Waals surface area contributed by atoms with E-state index in [0.29, 0.717) is 17.5 Å². The van der Waals surface area contributed by atoms with Crippen molar-refractivity contribution in [3.8, 4) is 0 Å². The number of sulfonamides is 1. The molecule has 0 saturated heterocycles. The van der Waals surface area contributed by atoms with Crippen LogP contribution in [0, 0.1) is 6.92 Å². The van der Waals surface area contributed by atoms with E-state index in [1.807, 2.05) is 13.8 Å². The maximum absolute atomic E-state index is 12.2. The Hall–Kier alpha value is -1.67. The van der Waals surface area contributed by atoms with Crippen LogP contribution < -0.4 is 10.0 Å². The summed E-state index contributed by atoms with van der Waals surface area (Å²) in [7, 11) is -3.62. The van der Waals surface area contributed by atoms with Gasteiger partial charge in [0.25, 0.3) is 10.0 Å². The third-order valence-electron chi connectivity index (χ3n) is 2.24. The predicted molar refractivity (Wildman–Crippen MR) is 76.1 cm³/mol. The lowest BCUT2D eigenvalue weighted by Gasteiger charge is -2.07. The van der Waals surface area contributed by atoms with E-state index >= 15 is 0 Å². The Morgan fingerprint density at radius 2 is 2.21 bits per heavy atom. The summed E-state index contributed by atoms with van der Waals surface area (Å²) in [5.41, 5.74) is 0.783. The largest absolute Gasteiger partial charge is 0.370 e. The molecule has 0 amide bonds. The van der Waals surface area contributed by atoms with Gasteiger partial charge in [-0.2, -0.15) is 0 Å². The third-order valence-corrected chi connectivity index (χ3v) is 4.58. The first-order valence-corrected chi connectivity index (χ1v) is 8.02. The number of thiazole rings is 1. The molecule has 0 aromatic carbocycles. The number of aryl methyl sites for hydroxylation is 1. The number of anilines is 2. The smallest absolute Gasteiger partial charge is 0.263 e. The molecule has 0 bridgehead atoms. The number of nitrogens with one attached hydrogen (secondary N) is 2. The van der Waals surface area contributed by atoms with Crippen LogP contribution >= 0.6 is 11.3 Å². The van der Waals surface area contributed by atoms with Gasteiger partial charge in [-0.3, -0.25) is 4.72 Å². The highest BCUT2D eigenvalue weighted by Crippen LogP contribution is 2.20. The Labute approximate surface area is 116 Å². The second-order valence-corrected chi connectivity index (χ2v) is 6.35. The molecule has 2 N–H and O–H groups in total. The highest BCUT2D eigenvalue weighted by molar-refractivity contribution is 7.93. The number of aromatic nitrogens is 2. The second kappa shape index (κ2) is 5.54. The highest BCUT2D eigenvalue weighted by Gasteiger charge is 2.16. The Balaban J connectivity index is 2.26. The molecule has 2 aromatic rings. The minimum absolute atomic E-state index is 0.159. The number of nitrogens with zero attached hydrogens (tertiary/aromatic N) is 2. The number of pyridine rings is 1. The van der Waals surface area contributed by atoms with Crippen molar-refractivity contribution < 1.29 is 8.42 Å². The zero-order chi connectivity index (χ0) is 13.9. The predicted octanol–water partition coefficient (Wildman–Crippen LogP) is 2.08. The zero-order valence-electron chi connectivity index (χ0n) is 10.5. The summed E-state index contributed by atoms with van der Waals surface area (Å²) >= 11 is 1.25. The van der Waals surface area contributed by atoms with Gasteiger partial charge in [0, 0.05) is 24.2 Å². The van der Waals surface area contributed by atoms with Gasteiger partial charge in [0.15, 0.2) is 5.13 Å². The summed E-state index contributed by atoms with van der Waals surface area (Å²) in [5.74, 6) is 0.528. The minimum atomic E-state index is -3.62. The quantitative estimate of drug-likeness (QED) is 0.883. The van der Waals surface area contributed by atoms with Crippen LogP contribution in [-0.4, -0.2) is 24.9 Å². The van der Waals surface area contributed by atoms with Crippen LogP contribution in [-0.2, 0) is 10.0 Å². The number of hydrogen-bond acceptors (Lipinski definition) is 6. The molecule has 0 radical (unpaired) electrons. The van der Waals surface area contributed by atoms with E-state index in [1.54, 1.807) is 5.38 Å². The molecule has 6 nitrogen and oxygen atoms in total. The molecular weight excluding hydrogens is 284 g/mol. The van der Waals surface area contributed by atoms with E-state index in [4.69, 9.17) is 0 Å². The van der Waals surface area contributed by atoms with Crippen molar-refractivity contribution in [2.75, 3.05) is 16.6 Å². The van der Waals surface area contributed by atoms with Gasteiger partial charge in [0.1, 0.15) is 5.82 Å². The second-order valence-electron chi connectivity index (χ2n) is 3.81. The molecule has 102 valence electrons. The molecule has 2 rings (SSSR count). The van der Waals surface area contributed by atoms with Crippen LogP contribution in [0.25, 0.3) is 0 Å². The molecular formula is C11H14N4O2S2. The van der Waals surface area contributed by atoms with Crippen molar-refractivity contribution in [1.29, 1.82) is 0 Å². The van der Waals surface area contributed by atoms with Gasteiger partial charge in [-0.05, 0) is 19.9 Å². The summed E-state index contributed by atoms with van der Waals surface area (Å²) in [6.07, 6.45) is 1.46. The fraction of sp³-hybridized carbons (Fsp3) is 0.273. The van der Waals surface area contributed by atoms with Gasteiger partial charge in [-0.25, -0.2) is 18.4 Å². The first-order valence-electron chi connectivity index (χ1n) is 5.66. The van der Waals surface area contributed by atoms with Crippen molar-refractivity contribution in [3.05, 3.63) is 29.4 Å². The lowest BCUT2D eigenvalue weighted by molar-refractivity contribution is 0.601. The van der Waals surface area contributed by atoms with Crippen molar-refractivity contribution >= 4 is 32.3 Å². The standard InChI is InChI=1S/C11H14N4O2S2/c1-3-12-10-6-9(4-5-13-10)19(16,17)15-11-14-8(2)7-18-11/h4-7H,3H2,1-2H3,(H,12,13)(H,14,15). The summed E-state index contributed by atoms with van der Waals surface area (Å²) < 4.78 is 26.8. The van der Waals surface area contributed by atoms with Crippen LogP contribution in [0.5, 0.6) is 0 Å². The molecule has 2 heterocycles. The van der Waals surface area contributed by atoms with Gasteiger partial charge in [0.2, 0.25) is 0 Å². The van der Waals surface area contributed by atoms with Gasteiger partial charge in [-0.15, -0.1) is 11.3 Å². The average Bonchev–Trinajstić information content (AvgIpc) is 2.75. The lowest BCUT2D eigenvalue weighted by atomic mass is 10.4. The fourth-order valence-electron chi connectivity index (χ4n) is 1.43. The van der Waals surface area contributed by atoms with Crippen LogP contribution in [0.2, 0.25) is 0 Å². The number of rotatable bonds is 5. The Morgan fingerprint density at radius 1 is 1.42 bits per heavy atom. The molecule has 0 aliphatic carbocycles. The Kier molecular flexibility index (Phi) is 4.01. The first kappa shape index (κ1) is 13.8.